The summed E-state index contributed by atoms with van der Waals surface area (Å²) < 4.78 is 0.200. The number of hydrogen-bond acceptors (Lipinski definition) is 2. The van der Waals surface area contributed by atoms with Crippen molar-refractivity contribution in [2.24, 2.45) is 16.5 Å². The third-order valence-electron chi connectivity index (χ3n) is 3.14. The molecule has 1 aliphatic rings. The molecular weight excluding hydrogens is 230 g/mol. The van der Waals surface area contributed by atoms with E-state index in [-0.39, 0.29) is 10.7 Å². The van der Waals surface area contributed by atoms with E-state index < -0.39 is 0 Å². The molecule has 0 aliphatic heterocycles. The molecule has 0 unspecified atom stereocenters. The zero-order chi connectivity index (χ0) is 12.1. The van der Waals surface area contributed by atoms with Gasteiger partial charge in [0.05, 0.1) is 6.54 Å². The Kier molecular flexibility index (Phi) is 3.94. The molecule has 1 aliphatic carbocycles. The van der Waals surface area contributed by atoms with Gasteiger partial charge in [-0.2, -0.15) is 0 Å². The Bertz CT molecular complexity index is 379. The molecule has 0 spiro atoms. The van der Waals surface area contributed by atoms with Crippen molar-refractivity contribution in [3.63, 3.8) is 0 Å². The molecule has 0 heterocycles. The number of aliphatic imine (C=N–C) groups is 1. The highest BCUT2D eigenvalue weighted by atomic mass is 32.2. The van der Waals surface area contributed by atoms with E-state index in [0.29, 0.717) is 0 Å². The molecule has 0 amide bonds. The zero-order valence-electron chi connectivity index (χ0n) is 9.93. The van der Waals surface area contributed by atoms with Gasteiger partial charge in [-0.3, -0.25) is 4.99 Å². The van der Waals surface area contributed by atoms with Gasteiger partial charge in [0.2, 0.25) is 0 Å². The first kappa shape index (κ1) is 12.3. The van der Waals surface area contributed by atoms with Gasteiger partial charge in [0.1, 0.15) is 0 Å². The molecule has 0 atom stereocenters. The van der Waals surface area contributed by atoms with Crippen molar-refractivity contribution in [1.82, 2.24) is 0 Å². The largest absolute Gasteiger partial charge is 0.370 e. The Balaban J connectivity index is 2.09. The van der Waals surface area contributed by atoms with Crippen LogP contribution in [0.3, 0.4) is 0 Å². The van der Waals surface area contributed by atoms with Gasteiger partial charge < -0.3 is 11.5 Å². The van der Waals surface area contributed by atoms with Gasteiger partial charge in [-0.05, 0) is 25.0 Å². The maximum Gasteiger partial charge on any atom is 0.185 e. The molecule has 3 nitrogen and oxygen atoms in total. The highest BCUT2D eigenvalue weighted by molar-refractivity contribution is 8.00. The molecule has 0 bridgehead atoms. The molecule has 0 saturated heterocycles. The quantitative estimate of drug-likeness (QED) is 0.636. The lowest BCUT2D eigenvalue weighted by Gasteiger charge is -2.26. The number of rotatable bonds is 4. The van der Waals surface area contributed by atoms with Crippen molar-refractivity contribution in [2.45, 2.75) is 35.3 Å². The van der Waals surface area contributed by atoms with Gasteiger partial charge in [0.15, 0.2) is 5.96 Å². The molecule has 1 fully saturated rings. The first-order chi connectivity index (χ1) is 8.20. The lowest BCUT2D eigenvalue weighted by atomic mass is 10.1. The number of thioether (sulfide) groups is 1. The molecule has 1 aromatic rings. The second-order valence-electron chi connectivity index (χ2n) is 4.55. The highest BCUT2D eigenvalue weighted by Crippen LogP contribution is 2.45. The Labute approximate surface area is 107 Å². The monoisotopic (exact) mass is 249 g/mol. The van der Waals surface area contributed by atoms with Crippen molar-refractivity contribution in [2.75, 3.05) is 6.54 Å². The van der Waals surface area contributed by atoms with Crippen molar-refractivity contribution < 1.29 is 0 Å². The van der Waals surface area contributed by atoms with E-state index in [2.05, 4.69) is 29.3 Å². The van der Waals surface area contributed by atoms with Crippen LogP contribution in [0.4, 0.5) is 0 Å². The first-order valence-electron chi connectivity index (χ1n) is 6.00. The number of hydrogen-bond donors (Lipinski definition) is 2. The normalized spacial score (nSPS) is 17.9. The van der Waals surface area contributed by atoms with Gasteiger partial charge in [-0.1, -0.05) is 31.0 Å². The first-order valence-corrected chi connectivity index (χ1v) is 6.81. The molecule has 0 aromatic heterocycles. The fourth-order valence-corrected chi connectivity index (χ4v) is 3.70. The molecular formula is C13H19N3S. The standard InChI is InChI=1S/C13H19N3S/c14-12(15)16-10-13(8-4-5-9-13)17-11-6-2-1-3-7-11/h1-3,6-7H,4-5,8-10H2,(H4,14,15,16). The zero-order valence-corrected chi connectivity index (χ0v) is 10.7. The third-order valence-corrected chi connectivity index (χ3v) is 4.62. The minimum Gasteiger partial charge on any atom is -0.370 e. The van der Waals surface area contributed by atoms with Crippen molar-refractivity contribution in [3.05, 3.63) is 30.3 Å². The van der Waals surface area contributed by atoms with Gasteiger partial charge >= 0.3 is 0 Å². The van der Waals surface area contributed by atoms with Crippen LogP contribution in [0, 0.1) is 0 Å². The highest BCUT2D eigenvalue weighted by Gasteiger charge is 2.34. The summed E-state index contributed by atoms with van der Waals surface area (Å²) in [6.45, 7) is 0.731. The average molecular weight is 249 g/mol. The Morgan fingerprint density at radius 2 is 1.82 bits per heavy atom. The smallest absolute Gasteiger partial charge is 0.185 e. The van der Waals surface area contributed by atoms with Crippen LogP contribution in [0.15, 0.2) is 40.2 Å². The van der Waals surface area contributed by atoms with Crippen LogP contribution in [0.1, 0.15) is 25.7 Å². The van der Waals surface area contributed by atoms with Crippen LogP contribution in [0.5, 0.6) is 0 Å². The van der Waals surface area contributed by atoms with Gasteiger partial charge in [-0.25, -0.2) is 0 Å². The van der Waals surface area contributed by atoms with Crippen LogP contribution in [0.2, 0.25) is 0 Å². The van der Waals surface area contributed by atoms with E-state index in [9.17, 15) is 0 Å². The summed E-state index contributed by atoms with van der Waals surface area (Å²) in [5.74, 6) is 0.199. The van der Waals surface area contributed by atoms with E-state index in [4.69, 9.17) is 11.5 Å². The fraction of sp³-hybridized carbons (Fsp3) is 0.462. The Morgan fingerprint density at radius 1 is 1.18 bits per heavy atom. The number of nitrogens with zero attached hydrogens (tertiary/aromatic N) is 1. The van der Waals surface area contributed by atoms with E-state index in [1.807, 2.05) is 17.8 Å². The fourth-order valence-electron chi connectivity index (χ4n) is 2.29. The molecule has 92 valence electrons. The van der Waals surface area contributed by atoms with Crippen molar-refractivity contribution >= 4 is 17.7 Å². The van der Waals surface area contributed by atoms with Crippen LogP contribution in [-0.4, -0.2) is 17.3 Å². The summed E-state index contributed by atoms with van der Waals surface area (Å²) >= 11 is 1.92. The van der Waals surface area contributed by atoms with Crippen LogP contribution >= 0.6 is 11.8 Å². The summed E-state index contributed by atoms with van der Waals surface area (Å²) in [6, 6.07) is 10.5. The molecule has 1 aromatic carbocycles. The van der Waals surface area contributed by atoms with E-state index in [1.54, 1.807) is 0 Å². The maximum atomic E-state index is 5.44. The second kappa shape index (κ2) is 5.45. The summed E-state index contributed by atoms with van der Waals surface area (Å²) in [5.41, 5.74) is 10.9. The van der Waals surface area contributed by atoms with E-state index in [1.165, 1.54) is 30.6 Å². The van der Waals surface area contributed by atoms with E-state index >= 15 is 0 Å². The van der Waals surface area contributed by atoms with Gasteiger partial charge in [0, 0.05) is 9.64 Å². The topological polar surface area (TPSA) is 64.4 Å². The molecule has 2 rings (SSSR count). The van der Waals surface area contributed by atoms with Crippen molar-refractivity contribution in [1.29, 1.82) is 0 Å². The molecule has 0 radical (unpaired) electrons. The lowest BCUT2D eigenvalue weighted by molar-refractivity contribution is 0.619. The van der Waals surface area contributed by atoms with Crippen molar-refractivity contribution in [3.8, 4) is 0 Å². The summed E-state index contributed by atoms with van der Waals surface area (Å²) in [5, 5.41) is 0. The summed E-state index contributed by atoms with van der Waals surface area (Å²) in [6.07, 6.45) is 4.95. The lowest BCUT2D eigenvalue weighted by Crippen LogP contribution is -2.29. The Morgan fingerprint density at radius 3 is 2.41 bits per heavy atom. The Hall–Kier alpha value is -1.16. The van der Waals surface area contributed by atoms with Crippen LogP contribution < -0.4 is 11.5 Å². The SMILES string of the molecule is NC(N)=NCC1(Sc2ccccc2)CCCC1. The minimum absolute atomic E-state index is 0.199. The van der Waals surface area contributed by atoms with Gasteiger partial charge in [0.25, 0.3) is 0 Å². The number of nitrogens with two attached hydrogens (primary N) is 2. The van der Waals surface area contributed by atoms with Crippen LogP contribution in [-0.2, 0) is 0 Å². The van der Waals surface area contributed by atoms with E-state index in [0.717, 1.165) is 6.54 Å². The van der Waals surface area contributed by atoms with Gasteiger partial charge in [-0.15, -0.1) is 11.8 Å². The number of guanidine groups is 1. The predicted molar refractivity (Wildman–Crippen MR) is 74.2 cm³/mol. The molecule has 17 heavy (non-hydrogen) atoms. The average Bonchev–Trinajstić information content (AvgIpc) is 2.77. The minimum atomic E-state index is 0.199. The predicted octanol–water partition coefficient (Wildman–Crippen LogP) is 2.36. The summed E-state index contributed by atoms with van der Waals surface area (Å²) in [4.78, 5) is 5.53. The third kappa shape index (κ3) is 3.40. The van der Waals surface area contributed by atoms with Crippen LogP contribution in [0.25, 0.3) is 0 Å². The summed E-state index contributed by atoms with van der Waals surface area (Å²) in [7, 11) is 0. The maximum absolute atomic E-state index is 5.44. The number of benzene rings is 1. The molecule has 1 saturated carbocycles. The molecule has 4 N–H and O–H groups in total. The molecule has 4 heteroatoms. The second-order valence-corrected chi connectivity index (χ2v) is 6.09.